The van der Waals surface area contributed by atoms with E-state index in [4.69, 9.17) is 19.6 Å². The van der Waals surface area contributed by atoms with Crippen molar-refractivity contribution < 1.29 is 18.7 Å². The highest BCUT2D eigenvalue weighted by Crippen LogP contribution is 2.23. The van der Waals surface area contributed by atoms with Gasteiger partial charge >= 0.3 is 0 Å². The van der Waals surface area contributed by atoms with Gasteiger partial charge in [0.2, 0.25) is 0 Å². The molecule has 1 aliphatic rings. The first-order chi connectivity index (χ1) is 13.5. The second kappa shape index (κ2) is 9.27. The van der Waals surface area contributed by atoms with E-state index >= 15 is 0 Å². The van der Waals surface area contributed by atoms with Gasteiger partial charge < -0.3 is 30.3 Å². The number of benzene rings is 1. The van der Waals surface area contributed by atoms with Crippen LogP contribution < -0.4 is 21.1 Å². The normalized spacial score (nSPS) is 16.8. The summed E-state index contributed by atoms with van der Waals surface area (Å²) in [6, 6.07) is 9.40. The quantitative estimate of drug-likeness (QED) is 0.494. The summed E-state index contributed by atoms with van der Waals surface area (Å²) in [4.78, 5) is 15.3. The zero-order valence-corrected chi connectivity index (χ0v) is 16.2. The lowest BCUT2D eigenvalue weighted by Crippen LogP contribution is -2.36. The van der Waals surface area contributed by atoms with Crippen molar-refractivity contribution >= 4 is 11.9 Å². The molecule has 1 saturated heterocycles. The minimum atomic E-state index is -0.590. The Balaban J connectivity index is 1.57. The first-order valence-corrected chi connectivity index (χ1v) is 9.22. The highest BCUT2D eigenvalue weighted by molar-refractivity contribution is 5.89. The van der Waals surface area contributed by atoms with Gasteiger partial charge in [0.1, 0.15) is 17.6 Å². The molecule has 0 spiro atoms. The Kier molecular flexibility index (Phi) is 6.54. The fourth-order valence-corrected chi connectivity index (χ4v) is 2.88. The third-order valence-corrected chi connectivity index (χ3v) is 4.41. The number of aryl methyl sites for hydroxylation is 1. The summed E-state index contributed by atoms with van der Waals surface area (Å²) < 4.78 is 16.9. The van der Waals surface area contributed by atoms with Crippen LogP contribution in [-0.2, 0) is 17.8 Å². The Morgan fingerprint density at radius 1 is 1.29 bits per heavy atom. The summed E-state index contributed by atoms with van der Waals surface area (Å²) in [6.45, 7) is 4.34. The van der Waals surface area contributed by atoms with E-state index < -0.39 is 5.91 Å². The van der Waals surface area contributed by atoms with Crippen molar-refractivity contribution in [2.45, 2.75) is 32.5 Å². The molecular weight excluding hydrogens is 360 g/mol. The van der Waals surface area contributed by atoms with Crippen LogP contribution in [0.4, 0.5) is 0 Å². The number of nitrogens with two attached hydrogens (primary N) is 1. The van der Waals surface area contributed by atoms with E-state index in [1.807, 2.05) is 19.1 Å². The number of nitrogens with one attached hydrogen (secondary N) is 2. The number of primary amides is 1. The van der Waals surface area contributed by atoms with Gasteiger partial charge in [-0.1, -0.05) is 12.1 Å². The van der Waals surface area contributed by atoms with E-state index in [0.717, 1.165) is 29.9 Å². The van der Waals surface area contributed by atoms with Crippen LogP contribution in [0.1, 0.15) is 33.9 Å². The van der Waals surface area contributed by atoms with Crippen LogP contribution in [0, 0.1) is 6.92 Å². The first-order valence-electron chi connectivity index (χ1n) is 9.22. The molecule has 0 aliphatic carbocycles. The molecule has 150 valence electrons. The maximum absolute atomic E-state index is 11.1. The number of guanidine groups is 1. The summed E-state index contributed by atoms with van der Waals surface area (Å²) in [5, 5.41) is 6.41. The van der Waals surface area contributed by atoms with Gasteiger partial charge in [-0.3, -0.25) is 9.79 Å². The fraction of sp³-hybridized carbons (Fsp3) is 0.400. The van der Waals surface area contributed by atoms with Crippen LogP contribution in [0.3, 0.4) is 0 Å². The van der Waals surface area contributed by atoms with Gasteiger partial charge in [0.15, 0.2) is 11.7 Å². The zero-order chi connectivity index (χ0) is 19.9. The number of hydrogen-bond donors (Lipinski definition) is 3. The molecule has 1 atom stereocenters. The number of amides is 1. The average molecular weight is 386 g/mol. The molecule has 2 aromatic rings. The molecule has 1 amide bonds. The molecule has 0 saturated carbocycles. The summed E-state index contributed by atoms with van der Waals surface area (Å²) in [5.41, 5.74) is 7.37. The number of carbonyl (C=O) groups excluding carboxylic acids is 1. The molecule has 0 bridgehead atoms. The Morgan fingerprint density at radius 2 is 2.11 bits per heavy atom. The average Bonchev–Trinajstić information content (AvgIpc) is 3.35. The van der Waals surface area contributed by atoms with Crippen molar-refractivity contribution in [1.82, 2.24) is 10.6 Å². The van der Waals surface area contributed by atoms with E-state index in [2.05, 4.69) is 21.7 Å². The van der Waals surface area contributed by atoms with Crippen molar-refractivity contribution in [2.75, 3.05) is 20.3 Å². The van der Waals surface area contributed by atoms with Crippen LogP contribution >= 0.6 is 0 Å². The minimum Gasteiger partial charge on any atom is -0.488 e. The number of carbonyl (C=O) groups is 1. The summed E-state index contributed by atoms with van der Waals surface area (Å²) in [7, 11) is 1.69. The van der Waals surface area contributed by atoms with Gasteiger partial charge in [0, 0.05) is 25.6 Å². The van der Waals surface area contributed by atoms with E-state index in [1.165, 1.54) is 0 Å². The SMILES string of the molecule is CN=C(NCc1ccc(C(N)=O)o1)NCc1ccc(C)cc1OC1CCOC1. The number of aliphatic imine (C=N–C) groups is 1. The van der Waals surface area contributed by atoms with Crippen molar-refractivity contribution in [3.05, 3.63) is 53.0 Å². The molecule has 4 N–H and O–H groups in total. The van der Waals surface area contributed by atoms with Crippen LogP contribution in [0.5, 0.6) is 5.75 Å². The van der Waals surface area contributed by atoms with Crippen molar-refractivity contribution in [2.24, 2.45) is 10.7 Å². The summed E-state index contributed by atoms with van der Waals surface area (Å²) >= 11 is 0. The maximum atomic E-state index is 11.1. The van der Waals surface area contributed by atoms with E-state index in [9.17, 15) is 4.79 Å². The Hall–Kier alpha value is -3.00. The summed E-state index contributed by atoms with van der Waals surface area (Å²) in [6.07, 6.45) is 0.997. The predicted octanol–water partition coefficient (Wildman–Crippen LogP) is 1.72. The van der Waals surface area contributed by atoms with E-state index in [-0.39, 0.29) is 11.9 Å². The Morgan fingerprint density at radius 3 is 2.79 bits per heavy atom. The molecule has 1 aromatic heterocycles. The lowest BCUT2D eigenvalue weighted by molar-refractivity contribution is 0.0972. The number of ether oxygens (including phenoxy) is 2. The lowest BCUT2D eigenvalue weighted by atomic mass is 10.1. The van der Waals surface area contributed by atoms with Crippen molar-refractivity contribution in [3.8, 4) is 5.75 Å². The molecular formula is C20H26N4O4. The largest absolute Gasteiger partial charge is 0.488 e. The third kappa shape index (κ3) is 5.26. The molecule has 0 radical (unpaired) electrons. The molecule has 1 aromatic carbocycles. The van der Waals surface area contributed by atoms with Gasteiger partial charge in [-0.2, -0.15) is 0 Å². The highest BCUT2D eigenvalue weighted by atomic mass is 16.5. The molecule has 3 rings (SSSR count). The van der Waals surface area contributed by atoms with E-state index in [1.54, 1.807) is 19.2 Å². The van der Waals surface area contributed by atoms with Gasteiger partial charge in [0.05, 0.1) is 19.8 Å². The molecule has 2 heterocycles. The number of nitrogens with zero attached hydrogens (tertiary/aromatic N) is 1. The summed E-state index contributed by atoms with van der Waals surface area (Å²) in [5.74, 6) is 1.60. The van der Waals surface area contributed by atoms with Crippen molar-refractivity contribution in [1.29, 1.82) is 0 Å². The van der Waals surface area contributed by atoms with Crippen LogP contribution in [0.2, 0.25) is 0 Å². The predicted molar refractivity (Wildman–Crippen MR) is 105 cm³/mol. The molecule has 28 heavy (non-hydrogen) atoms. The zero-order valence-electron chi connectivity index (χ0n) is 16.2. The minimum absolute atomic E-state index is 0.0939. The molecule has 1 aliphatic heterocycles. The van der Waals surface area contributed by atoms with Crippen LogP contribution in [-0.4, -0.2) is 38.2 Å². The fourth-order valence-electron chi connectivity index (χ4n) is 2.88. The topological polar surface area (TPSA) is 111 Å². The lowest BCUT2D eigenvalue weighted by Gasteiger charge is -2.18. The van der Waals surface area contributed by atoms with Crippen molar-refractivity contribution in [3.63, 3.8) is 0 Å². The van der Waals surface area contributed by atoms with Gasteiger partial charge in [-0.15, -0.1) is 0 Å². The molecule has 1 unspecified atom stereocenters. The number of furan rings is 1. The van der Waals surface area contributed by atoms with Gasteiger partial charge in [0.25, 0.3) is 5.91 Å². The molecule has 8 heteroatoms. The standard InChI is InChI=1S/C20H26N4O4/c1-13-3-4-14(18(9-13)28-16-7-8-26-12-16)10-23-20(22-2)24-11-15-5-6-17(27-15)19(21)25/h3-6,9,16H,7-8,10-12H2,1-2H3,(H2,21,25)(H2,22,23,24). The Bertz CT molecular complexity index is 840. The van der Waals surface area contributed by atoms with Crippen LogP contribution in [0.15, 0.2) is 39.7 Å². The molecule has 1 fully saturated rings. The number of hydrogen-bond acceptors (Lipinski definition) is 5. The van der Waals surface area contributed by atoms with Gasteiger partial charge in [-0.05, 0) is 30.7 Å². The third-order valence-electron chi connectivity index (χ3n) is 4.41. The first kappa shape index (κ1) is 19.8. The second-order valence-electron chi connectivity index (χ2n) is 6.62. The monoisotopic (exact) mass is 386 g/mol. The maximum Gasteiger partial charge on any atom is 0.284 e. The highest BCUT2D eigenvalue weighted by Gasteiger charge is 2.19. The van der Waals surface area contributed by atoms with Crippen LogP contribution in [0.25, 0.3) is 0 Å². The second-order valence-corrected chi connectivity index (χ2v) is 6.62. The Labute approximate surface area is 164 Å². The van der Waals surface area contributed by atoms with Gasteiger partial charge in [-0.25, -0.2) is 0 Å². The smallest absolute Gasteiger partial charge is 0.284 e. The molecule has 8 nitrogen and oxygen atoms in total. The van der Waals surface area contributed by atoms with E-state index in [0.29, 0.717) is 31.4 Å². The number of rotatable bonds is 7.